The van der Waals surface area contributed by atoms with Crippen molar-refractivity contribution in [3.8, 4) is 22.3 Å². The summed E-state index contributed by atoms with van der Waals surface area (Å²) in [6.45, 7) is 8.67. The van der Waals surface area contributed by atoms with Crippen molar-refractivity contribution in [1.82, 2.24) is 0 Å². The largest absolute Gasteiger partial charge is 0.310 e. The molecule has 0 unspecified atom stereocenters. The molecule has 15 rings (SSSR count). The molecule has 0 radical (unpaired) electrons. The summed E-state index contributed by atoms with van der Waals surface area (Å²) >= 11 is 0. The minimum atomic E-state index is -0.751. The fraction of sp³-hybridized carbons (Fsp3) is 0.0750. The number of rotatable bonds is 10. The molecule has 0 aromatic heterocycles. The average Bonchev–Trinajstić information content (AvgIpc) is 1.43. The van der Waals surface area contributed by atoms with E-state index >= 15 is 0 Å². The van der Waals surface area contributed by atoms with Gasteiger partial charge in [-0.3, -0.25) is 0 Å². The highest BCUT2D eigenvalue weighted by Gasteiger charge is 2.51. The van der Waals surface area contributed by atoms with Gasteiger partial charge in [0.15, 0.2) is 0 Å². The van der Waals surface area contributed by atoms with Crippen LogP contribution in [0.5, 0.6) is 0 Å². The first-order valence-corrected chi connectivity index (χ1v) is 28.7. The molecule has 2 heteroatoms. The van der Waals surface area contributed by atoms with Crippen LogP contribution in [0.4, 0.5) is 34.1 Å². The van der Waals surface area contributed by atoms with Crippen LogP contribution >= 0.6 is 0 Å². The van der Waals surface area contributed by atoms with Gasteiger partial charge in [-0.2, -0.15) is 0 Å². The Morgan fingerprint density at radius 1 is 0.244 bits per heavy atom. The maximum atomic E-state index is 2.64. The van der Waals surface area contributed by atoms with Crippen LogP contribution in [0.25, 0.3) is 43.8 Å². The fourth-order valence-corrected chi connectivity index (χ4v) is 14.2. The predicted molar refractivity (Wildman–Crippen MR) is 344 cm³/mol. The summed E-state index contributed by atoms with van der Waals surface area (Å²) in [6.07, 6.45) is 0. The van der Waals surface area contributed by atoms with Crippen molar-refractivity contribution < 1.29 is 0 Å². The monoisotopic (exact) mass is 1050 g/mol. The Bertz CT molecular complexity index is 4380. The minimum absolute atomic E-state index is 0.745. The van der Waals surface area contributed by atoms with E-state index in [0.29, 0.717) is 0 Å². The highest BCUT2D eigenvalue weighted by atomic mass is 15.1. The maximum Gasteiger partial charge on any atom is 0.0714 e. The molecule has 0 heterocycles. The first-order chi connectivity index (χ1) is 40.3. The van der Waals surface area contributed by atoms with Gasteiger partial charge in [-0.05, 0) is 178 Å². The number of aryl methyl sites for hydroxylation is 4. The van der Waals surface area contributed by atoms with E-state index in [4.69, 9.17) is 0 Å². The van der Waals surface area contributed by atoms with Crippen molar-refractivity contribution in [3.05, 3.63) is 358 Å². The molecule has 390 valence electrons. The summed E-state index contributed by atoms with van der Waals surface area (Å²) in [6, 6.07) is 110. The van der Waals surface area contributed by atoms with E-state index in [1.54, 1.807) is 0 Å². The zero-order chi connectivity index (χ0) is 55.1. The second kappa shape index (κ2) is 19.4. The van der Waals surface area contributed by atoms with Gasteiger partial charge >= 0.3 is 0 Å². The molecule has 0 spiro atoms. The normalized spacial score (nSPS) is 13.3. The lowest BCUT2D eigenvalue weighted by Crippen LogP contribution is -2.34. The molecular weight excluding hydrogens is 989 g/mol. The summed E-state index contributed by atoms with van der Waals surface area (Å²) in [7, 11) is 0. The van der Waals surface area contributed by atoms with Gasteiger partial charge in [-0.15, -0.1) is 0 Å². The van der Waals surface area contributed by atoms with E-state index in [0.717, 1.165) is 34.1 Å². The summed E-state index contributed by atoms with van der Waals surface area (Å²) in [5, 5.41) is 4.86. The topological polar surface area (TPSA) is 6.48 Å². The van der Waals surface area contributed by atoms with Crippen molar-refractivity contribution in [2.24, 2.45) is 0 Å². The number of hydrogen-bond donors (Lipinski definition) is 0. The Labute approximate surface area is 481 Å². The zero-order valence-corrected chi connectivity index (χ0v) is 46.6. The Balaban J connectivity index is 1.11. The quantitative estimate of drug-likeness (QED) is 0.135. The lowest BCUT2D eigenvalue weighted by atomic mass is 9.58. The average molecular weight is 1050 g/mol. The van der Waals surface area contributed by atoms with Crippen molar-refractivity contribution >= 4 is 55.7 Å². The van der Waals surface area contributed by atoms with Crippen LogP contribution in [0.3, 0.4) is 0 Å². The Kier molecular flexibility index (Phi) is 11.6. The van der Waals surface area contributed by atoms with Gasteiger partial charge in [0.05, 0.1) is 22.2 Å². The number of anilines is 6. The van der Waals surface area contributed by atoms with Gasteiger partial charge in [-0.25, -0.2) is 0 Å². The molecule has 2 aliphatic carbocycles. The standard InChI is InChI=1S/C80H60N2/c1-53-32-40-61(41-33-53)81(62-42-34-54(2)35-43-62)75-49-48-67-69-50-73-70(51-72(69)79(57-20-9-5-10-21-57,58-22-11-6-12-23-58)71-31-19-30-68(75)77(67)71)78-66-29-18-17-28-65(66)76(82(63-44-36-55(3)37-45-63)64-46-38-56(4)39-47-64)52-74(78)80(73,59-24-13-7-14-25-59)60-26-15-8-16-27-60/h5-52H,1-4H3. The van der Waals surface area contributed by atoms with E-state index in [1.165, 1.54) is 111 Å². The summed E-state index contributed by atoms with van der Waals surface area (Å²) in [5.74, 6) is 0. The van der Waals surface area contributed by atoms with Crippen LogP contribution in [-0.2, 0) is 10.8 Å². The molecule has 0 saturated carbocycles. The third-order valence-corrected chi connectivity index (χ3v) is 17.9. The summed E-state index contributed by atoms with van der Waals surface area (Å²) in [5.41, 5.74) is 25.1. The van der Waals surface area contributed by atoms with Gasteiger partial charge in [-0.1, -0.05) is 241 Å². The lowest BCUT2D eigenvalue weighted by Gasteiger charge is -2.43. The van der Waals surface area contributed by atoms with Gasteiger partial charge in [0.1, 0.15) is 0 Å². The van der Waals surface area contributed by atoms with Crippen molar-refractivity contribution in [1.29, 1.82) is 0 Å². The van der Waals surface area contributed by atoms with Crippen LogP contribution < -0.4 is 9.80 Å². The van der Waals surface area contributed by atoms with Crippen LogP contribution in [-0.4, -0.2) is 0 Å². The zero-order valence-electron chi connectivity index (χ0n) is 46.6. The Hall–Kier alpha value is -10.0. The Morgan fingerprint density at radius 3 is 1.06 bits per heavy atom. The van der Waals surface area contributed by atoms with Crippen LogP contribution in [0.1, 0.15) is 66.8 Å². The molecule has 0 aliphatic heterocycles. The molecule has 0 N–H and O–H groups in total. The third kappa shape index (κ3) is 7.41. The molecule has 0 fully saturated rings. The van der Waals surface area contributed by atoms with E-state index in [1.807, 2.05) is 0 Å². The molecular formula is C80H60N2. The van der Waals surface area contributed by atoms with Crippen molar-refractivity contribution in [2.75, 3.05) is 9.80 Å². The number of benzene rings is 13. The molecule has 0 saturated heterocycles. The van der Waals surface area contributed by atoms with Gasteiger partial charge in [0.25, 0.3) is 0 Å². The van der Waals surface area contributed by atoms with Gasteiger partial charge < -0.3 is 9.80 Å². The molecule has 82 heavy (non-hydrogen) atoms. The third-order valence-electron chi connectivity index (χ3n) is 17.9. The first kappa shape index (κ1) is 49.1. The molecule has 13 aromatic carbocycles. The molecule has 13 aromatic rings. The first-order valence-electron chi connectivity index (χ1n) is 28.7. The minimum Gasteiger partial charge on any atom is -0.310 e. The number of nitrogens with zero attached hydrogens (tertiary/aromatic N) is 2. The highest BCUT2D eigenvalue weighted by Crippen LogP contribution is 2.64. The second-order valence-electron chi connectivity index (χ2n) is 22.6. The highest BCUT2D eigenvalue weighted by molar-refractivity contribution is 6.15. The number of hydrogen-bond acceptors (Lipinski definition) is 2. The van der Waals surface area contributed by atoms with E-state index in [2.05, 4.69) is 329 Å². The van der Waals surface area contributed by atoms with Crippen LogP contribution in [0.15, 0.2) is 291 Å². The summed E-state index contributed by atoms with van der Waals surface area (Å²) in [4.78, 5) is 4.94. The lowest BCUT2D eigenvalue weighted by molar-refractivity contribution is 0.743. The molecule has 0 amide bonds. The predicted octanol–water partition coefficient (Wildman–Crippen LogP) is 20.9. The van der Waals surface area contributed by atoms with E-state index in [9.17, 15) is 0 Å². The molecule has 2 aliphatic rings. The van der Waals surface area contributed by atoms with Gasteiger partial charge in [0.2, 0.25) is 0 Å². The van der Waals surface area contributed by atoms with E-state index in [-0.39, 0.29) is 0 Å². The SMILES string of the molecule is Cc1ccc(N(c2ccc(C)cc2)c2cc3c(c4ccccc24)-c2cc4c(cc2C3(c2ccccc2)c2ccccc2)-c2ccc(N(c3ccc(C)cc3)c3ccc(C)cc3)c3cccc(c23)C4(c2ccccc2)c2ccccc2)cc1. The van der Waals surface area contributed by atoms with Crippen molar-refractivity contribution in [2.45, 2.75) is 38.5 Å². The Morgan fingerprint density at radius 2 is 0.610 bits per heavy atom. The smallest absolute Gasteiger partial charge is 0.0714 e. The maximum absolute atomic E-state index is 2.64. The number of fused-ring (bicyclic) bond motifs is 7. The van der Waals surface area contributed by atoms with Gasteiger partial charge in [0, 0.05) is 33.5 Å². The van der Waals surface area contributed by atoms with Crippen molar-refractivity contribution in [3.63, 3.8) is 0 Å². The second-order valence-corrected chi connectivity index (χ2v) is 22.6. The molecule has 0 atom stereocenters. The fourth-order valence-electron chi connectivity index (χ4n) is 14.2. The van der Waals surface area contributed by atoms with E-state index < -0.39 is 10.8 Å². The van der Waals surface area contributed by atoms with Crippen LogP contribution in [0, 0.1) is 27.7 Å². The van der Waals surface area contributed by atoms with Crippen LogP contribution in [0.2, 0.25) is 0 Å². The molecule has 0 bridgehead atoms. The summed E-state index contributed by atoms with van der Waals surface area (Å²) < 4.78 is 0. The molecule has 2 nitrogen and oxygen atoms in total.